The van der Waals surface area contributed by atoms with E-state index in [-0.39, 0.29) is 5.12 Å². The van der Waals surface area contributed by atoms with Gasteiger partial charge < -0.3 is 5.73 Å². The number of benzene rings is 1. The molecule has 0 spiro atoms. The highest BCUT2D eigenvalue weighted by Crippen LogP contribution is 2.12. The van der Waals surface area contributed by atoms with Gasteiger partial charge in [-0.15, -0.1) is 12.6 Å². The van der Waals surface area contributed by atoms with Gasteiger partial charge in [0.25, 0.3) is 0 Å². The summed E-state index contributed by atoms with van der Waals surface area (Å²) < 4.78 is 0. The molecule has 1 rings (SSSR count). The van der Waals surface area contributed by atoms with E-state index in [1.807, 2.05) is 19.1 Å². The third-order valence-electron chi connectivity index (χ3n) is 1.76. The van der Waals surface area contributed by atoms with E-state index in [2.05, 4.69) is 12.6 Å². The molecule has 3 heteroatoms. The lowest BCUT2D eigenvalue weighted by Crippen LogP contribution is -1.99. The number of hydrogen-bond acceptors (Lipinski definition) is 2. The molecule has 0 fully saturated rings. The first kappa shape index (κ1) is 9.29. The Morgan fingerprint density at radius 1 is 1.58 bits per heavy atom. The molecule has 12 heavy (non-hydrogen) atoms. The van der Waals surface area contributed by atoms with Gasteiger partial charge in [0.1, 0.15) is 0 Å². The SMILES string of the molecule is Cc1cc(CN)ccc1C(=O)S. The summed E-state index contributed by atoms with van der Waals surface area (Å²) in [5.41, 5.74) is 8.05. The van der Waals surface area contributed by atoms with Crippen LogP contribution in [0, 0.1) is 6.92 Å². The minimum Gasteiger partial charge on any atom is -0.326 e. The maximum atomic E-state index is 10.9. The highest BCUT2D eigenvalue weighted by atomic mass is 32.1. The lowest BCUT2D eigenvalue weighted by atomic mass is 10.1. The fourth-order valence-electron chi connectivity index (χ4n) is 1.09. The molecule has 0 aliphatic heterocycles. The molecule has 1 aromatic rings. The van der Waals surface area contributed by atoms with E-state index in [4.69, 9.17) is 5.73 Å². The molecule has 0 aliphatic carbocycles. The van der Waals surface area contributed by atoms with Crippen LogP contribution in [0.2, 0.25) is 0 Å². The van der Waals surface area contributed by atoms with Crippen molar-refractivity contribution in [1.29, 1.82) is 0 Å². The zero-order chi connectivity index (χ0) is 9.14. The number of carbonyl (C=O) groups is 1. The van der Waals surface area contributed by atoms with E-state index < -0.39 is 0 Å². The molecule has 0 aromatic heterocycles. The van der Waals surface area contributed by atoms with Gasteiger partial charge in [-0.2, -0.15) is 0 Å². The third kappa shape index (κ3) is 1.87. The normalized spacial score (nSPS) is 9.92. The predicted molar refractivity (Wildman–Crippen MR) is 52.4 cm³/mol. The van der Waals surface area contributed by atoms with E-state index in [1.54, 1.807) is 6.07 Å². The summed E-state index contributed by atoms with van der Waals surface area (Å²) in [6, 6.07) is 5.51. The fourth-order valence-corrected chi connectivity index (χ4v) is 1.34. The molecule has 0 aliphatic rings. The number of carbonyl (C=O) groups excluding carboxylic acids is 1. The van der Waals surface area contributed by atoms with Crippen LogP contribution in [0.25, 0.3) is 0 Å². The topological polar surface area (TPSA) is 43.1 Å². The Hall–Kier alpha value is -0.800. The van der Waals surface area contributed by atoms with Crippen LogP contribution in [-0.4, -0.2) is 5.12 Å². The zero-order valence-electron chi connectivity index (χ0n) is 6.87. The highest BCUT2D eigenvalue weighted by molar-refractivity contribution is 7.97. The molecular formula is C9H11NOS. The van der Waals surface area contributed by atoms with Crippen LogP contribution in [0.3, 0.4) is 0 Å². The Balaban J connectivity index is 3.12. The van der Waals surface area contributed by atoms with Gasteiger partial charge >= 0.3 is 0 Å². The summed E-state index contributed by atoms with van der Waals surface area (Å²) in [5.74, 6) is 0. The molecule has 1 aromatic carbocycles. The van der Waals surface area contributed by atoms with Crippen molar-refractivity contribution in [2.24, 2.45) is 5.73 Å². The molecular weight excluding hydrogens is 170 g/mol. The molecule has 0 radical (unpaired) electrons. The number of thiol groups is 1. The standard InChI is InChI=1S/C9H11NOS/c1-6-4-7(5-10)2-3-8(6)9(11)12/h2-4H,5,10H2,1H3,(H,11,12). The second kappa shape index (κ2) is 3.74. The summed E-state index contributed by atoms with van der Waals surface area (Å²) in [4.78, 5) is 10.9. The Bertz CT molecular complexity index is 309. The van der Waals surface area contributed by atoms with E-state index in [0.29, 0.717) is 12.1 Å². The molecule has 2 N–H and O–H groups in total. The van der Waals surface area contributed by atoms with Gasteiger partial charge in [0.15, 0.2) is 0 Å². The van der Waals surface area contributed by atoms with Gasteiger partial charge in [-0.25, -0.2) is 0 Å². The van der Waals surface area contributed by atoms with Crippen molar-refractivity contribution in [2.75, 3.05) is 0 Å². The lowest BCUT2D eigenvalue weighted by molar-refractivity contribution is 0.109. The van der Waals surface area contributed by atoms with Crippen LogP contribution in [0.15, 0.2) is 18.2 Å². The molecule has 0 unspecified atom stereocenters. The lowest BCUT2D eigenvalue weighted by Gasteiger charge is -2.02. The minimum absolute atomic E-state index is 0.198. The van der Waals surface area contributed by atoms with E-state index in [0.717, 1.165) is 11.1 Å². The maximum absolute atomic E-state index is 10.9. The molecule has 0 bridgehead atoms. The van der Waals surface area contributed by atoms with Crippen LogP contribution in [-0.2, 0) is 6.54 Å². The van der Waals surface area contributed by atoms with Crippen LogP contribution >= 0.6 is 12.6 Å². The molecule has 0 saturated heterocycles. The summed E-state index contributed by atoms with van der Waals surface area (Å²) in [6.07, 6.45) is 0. The summed E-state index contributed by atoms with van der Waals surface area (Å²) in [6.45, 7) is 2.38. The Morgan fingerprint density at radius 2 is 2.25 bits per heavy atom. The number of rotatable bonds is 2. The fraction of sp³-hybridized carbons (Fsp3) is 0.222. The van der Waals surface area contributed by atoms with Crippen LogP contribution < -0.4 is 5.73 Å². The van der Waals surface area contributed by atoms with Gasteiger partial charge in [-0.3, -0.25) is 4.79 Å². The van der Waals surface area contributed by atoms with Gasteiger partial charge in [-0.05, 0) is 24.1 Å². The smallest absolute Gasteiger partial charge is 0.216 e. The van der Waals surface area contributed by atoms with Crippen molar-refractivity contribution in [1.82, 2.24) is 0 Å². The first-order valence-corrected chi connectivity index (χ1v) is 4.12. The molecule has 64 valence electrons. The molecule has 0 atom stereocenters. The van der Waals surface area contributed by atoms with Crippen molar-refractivity contribution in [3.8, 4) is 0 Å². The van der Waals surface area contributed by atoms with Crippen LogP contribution in [0.1, 0.15) is 21.5 Å². The van der Waals surface area contributed by atoms with E-state index in [1.165, 1.54) is 0 Å². The molecule has 2 nitrogen and oxygen atoms in total. The average Bonchev–Trinajstić information content (AvgIpc) is 2.03. The van der Waals surface area contributed by atoms with Gasteiger partial charge in [0, 0.05) is 12.1 Å². The zero-order valence-corrected chi connectivity index (χ0v) is 7.77. The van der Waals surface area contributed by atoms with Crippen LogP contribution in [0.4, 0.5) is 0 Å². The minimum atomic E-state index is -0.198. The highest BCUT2D eigenvalue weighted by Gasteiger charge is 2.03. The van der Waals surface area contributed by atoms with Crippen molar-refractivity contribution in [3.05, 3.63) is 34.9 Å². The van der Waals surface area contributed by atoms with Gasteiger partial charge in [-0.1, -0.05) is 12.1 Å². The summed E-state index contributed by atoms with van der Waals surface area (Å²) in [5, 5.41) is -0.198. The molecule has 0 heterocycles. The van der Waals surface area contributed by atoms with Crippen LogP contribution in [0.5, 0.6) is 0 Å². The van der Waals surface area contributed by atoms with Gasteiger partial charge in [0.05, 0.1) is 0 Å². The maximum Gasteiger partial charge on any atom is 0.216 e. The second-order valence-corrected chi connectivity index (χ2v) is 3.06. The molecule has 0 amide bonds. The number of nitrogens with two attached hydrogens (primary N) is 1. The summed E-state index contributed by atoms with van der Waals surface area (Å²) in [7, 11) is 0. The molecule has 0 saturated carbocycles. The number of hydrogen-bond donors (Lipinski definition) is 2. The van der Waals surface area contributed by atoms with Crippen molar-refractivity contribution in [3.63, 3.8) is 0 Å². The first-order valence-electron chi connectivity index (χ1n) is 3.68. The van der Waals surface area contributed by atoms with Crippen molar-refractivity contribution in [2.45, 2.75) is 13.5 Å². The Labute approximate surface area is 77.2 Å². The predicted octanol–water partition coefficient (Wildman–Crippen LogP) is 1.52. The Morgan fingerprint density at radius 3 is 2.67 bits per heavy atom. The Kier molecular flexibility index (Phi) is 2.89. The third-order valence-corrected chi connectivity index (χ3v) is 2.00. The van der Waals surface area contributed by atoms with Crippen molar-refractivity contribution >= 4 is 17.7 Å². The summed E-state index contributed by atoms with van der Waals surface area (Å²) >= 11 is 3.75. The quantitative estimate of drug-likeness (QED) is 0.679. The largest absolute Gasteiger partial charge is 0.326 e. The monoisotopic (exact) mass is 181 g/mol. The van der Waals surface area contributed by atoms with Gasteiger partial charge in [0.2, 0.25) is 5.12 Å². The van der Waals surface area contributed by atoms with E-state index >= 15 is 0 Å². The first-order chi connectivity index (χ1) is 5.65. The average molecular weight is 181 g/mol. The van der Waals surface area contributed by atoms with Crippen molar-refractivity contribution < 1.29 is 4.79 Å². The second-order valence-electron chi connectivity index (χ2n) is 2.66. The number of aryl methyl sites for hydroxylation is 1. The van der Waals surface area contributed by atoms with E-state index in [9.17, 15) is 4.79 Å².